The van der Waals surface area contributed by atoms with E-state index < -0.39 is 0 Å². The van der Waals surface area contributed by atoms with Crippen LogP contribution in [0.25, 0.3) is 11.1 Å². The van der Waals surface area contributed by atoms with Crippen molar-refractivity contribution in [2.45, 2.75) is 6.54 Å². The molecule has 0 saturated carbocycles. The van der Waals surface area contributed by atoms with Crippen LogP contribution in [0.5, 0.6) is 0 Å². The summed E-state index contributed by atoms with van der Waals surface area (Å²) in [6.45, 7) is 0.484. The van der Waals surface area contributed by atoms with Crippen molar-refractivity contribution in [1.82, 2.24) is 4.98 Å². The van der Waals surface area contributed by atoms with Crippen LogP contribution in [0.15, 0.2) is 42.6 Å². The Morgan fingerprint density at radius 2 is 1.94 bits per heavy atom. The molecule has 3 nitrogen and oxygen atoms in total. The van der Waals surface area contributed by atoms with Crippen molar-refractivity contribution < 1.29 is 0 Å². The van der Waals surface area contributed by atoms with Gasteiger partial charge in [0.05, 0.1) is 5.69 Å². The summed E-state index contributed by atoms with van der Waals surface area (Å²) in [5.74, 6) is 0. The number of nitrogens with two attached hydrogens (primary N) is 1. The van der Waals surface area contributed by atoms with Crippen molar-refractivity contribution in [2.75, 3.05) is 19.0 Å². The minimum absolute atomic E-state index is 0.484. The van der Waals surface area contributed by atoms with E-state index in [1.807, 2.05) is 26.4 Å². The number of benzene rings is 1. The Kier molecular flexibility index (Phi) is 3.40. The Labute approximate surface area is 102 Å². The quantitative estimate of drug-likeness (QED) is 0.874. The van der Waals surface area contributed by atoms with Gasteiger partial charge in [-0.05, 0) is 23.8 Å². The van der Waals surface area contributed by atoms with Crippen molar-refractivity contribution >= 4 is 5.69 Å². The predicted molar refractivity (Wildman–Crippen MR) is 71.9 cm³/mol. The average molecular weight is 227 g/mol. The minimum Gasteiger partial charge on any atom is -0.378 e. The molecule has 0 unspecified atom stereocenters. The Bertz CT molecular complexity index is 489. The van der Waals surface area contributed by atoms with Crippen LogP contribution in [0.3, 0.4) is 0 Å². The third kappa shape index (κ3) is 2.63. The fourth-order valence-corrected chi connectivity index (χ4v) is 1.68. The zero-order valence-electron chi connectivity index (χ0n) is 10.2. The maximum Gasteiger partial charge on any atom is 0.0539 e. The second-order valence-electron chi connectivity index (χ2n) is 4.19. The number of rotatable bonds is 3. The van der Waals surface area contributed by atoms with Crippen LogP contribution in [0.4, 0.5) is 5.69 Å². The minimum atomic E-state index is 0.484. The molecule has 1 heterocycles. The Balaban J connectivity index is 2.35. The summed E-state index contributed by atoms with van der Waals surface area (Å²) in [5.41, 5.74) is 9.92. The van der Waals surface area contributed by atoms with Crippen molar-refractivity contribution in [3.8, 4) is 11.1 Å². The van der Waals surface area contributed by atoms with Crippen LogP contribution < -0.4 is 10.6 Å². The third-order valence-electron chi connectivity index (χ3n) is 2.73. The van der Waals surface area contributed by atoms with Gasteiger partial charge in [0.2, 0.25) is 0 Å². The van der Waals surface area contributed by atoms with Crippen molar-refractivity contribution in [3.63, 3.8) is 0 Å². The fourth-order valence-electron chi connectivity index (χ4n) is 1.68. The molecule has 0 spiro atoms. The first kappa shape index (κ1) is 11.6. The monoisotopic (exact) mass is 227 g/mol. The van der Waals surface area contributed by atoms with Gasteiger partial charge in [-0.2, -0.15) is 0 Å². The largest absolute Gasteiger partial charge is 0.378 e. The van der Waals surface area contributed by atoms with Crippen LogP contribution in [0, 0.1) is 0 Å². The van der Waals surface area contributed by atoms with Crippen molar-refractivity contribution in [2.24, 2.45) is 5.73 Å². The molecule has 0 bridgehead atoms. The summed E-state index contributed by atoms with van der Waals surface area (Å²) >= 11 is 0. The molecule has 17 heavy (non-hydrogen) atoms. The molecule has 0 radical (unpaired) electrons. The number of hydrogen-bond acceptors (Lipinski definition) is 3. The standard InChI is InChI=1S/C14H17N3/c1-17(2)14-5-3-4-11(8-14)12-6-7-13(9-15)16-10-12/h3-8,10H,9,15H2,1-2H3. The molecule has 1 aromatic heterocycles. The average Bonchev–Trinajstić information content (AvgIpc) is 2.39. The smallest absolute Gasteiger partial charge is 0.0539 e. The van der Waals surface area contributed by atoms with Gasteiger partial charge in [-0.15, -0.1) is 0 Å². The number of nitrogens with zero attached hydrogens (tertiary/aromatic N) is 2. The lowest BCUT2D eigenvalue weighted by Crippen LogP contribution is -2.08. The van der Waals surface area contributed by atoms with Gasteiger partial charge >= 0.3 is 0 Å². The summed E-state index contributed by atoms with van der Waals surface area (Å²) in [7, 11) is 4.07. The molecule has 0 aliphatic rings. The van der Waals surface area contributed by atoms with E-state index in [1.54, 1.807) is 0 Å². The molecule has 2 rings (SSSR count). The van der Waals surface area contributed by atoms with Gasteiger partial charge < -0.3 is 10.6 Å². The summed E-state index contributed by atoms with van der Waals surface area (Å²) in [5, 5.41) is 0. The van der Waals surface area contributed by atoms with E-state index in [9.17, 15) is 0 Å². The maximum absolute atomic E-state index is 5.53. The lowest BCUT2D eigenvalue weighted by molar-refractivity contribution is 0.991. The Morgan fingerprint density at radius 1 is 1.12 bits per heavy atom. The number of hydrogen-bond donors (Lipinski definition) is 1. The first-order valence-electron chi connectivity index (χ1n) is 5.63. The van der Waals surface area contributed by atoms with E-state index in [0.717, 1.165) is 11.3 Å². The van der Waals surface area contributed by atoms with Crippen LogP contribution in [-0.2, 0) is 6.54 Å². The van der Waals surface area contributed by atoms with Gasteiger partial charge in [0.1, 0.15) is 0 Å². The van der Waals surface area contributed by atoms with Gasteiger partial charge in [-0.3, -0.25) is 4.98 Å². The van der Waals surface area contributed by atoms with Crippen LogP contribution in [0.2, 0.25) is 0 Å². The topological polar surface area (TPSA) is 42.1 Å². The Hall–Kier alpha value is -1.87. The Morgan fingerprint density at radius 3 is 2.53 bits per heavy atom. The van der Waals surface area contributed by atoms with Crippen LogP contribution in [-0.4, -0.2) is 19.1 Å². The lowest BCUT2D eigenvalue weighted by atomic mass is 10.1. The maximum atomic E-state index is 5.53. The predicted octanol–water partition coefficient (Wildman–Crippen LogP) is 2.27. The molecular formula is C14H17N3. The zero-order chi connectivity index (χ0) is 12.3. The van der Waals surface area contributed by atoms with Crippen LogP contribution >= 0.6 is 0 Å². The molecule has 0 amide bonds. The van der Waals surface area contributed by atoms with Gasteiger partial charge in [0.15, 0.2) is 0 Å². The highest BCUT2D eigenvalue weighted by molar-refractivity contribution is 5.67. The van der Waals surface area contributed by atoms with Gasteiger partial charge in [-0.25, -0.2) is 0 Å². The summed E-state index contributed by atoms with van der Waals surface area (Å²) < 4.78 is 0. The SMILES string of the molecule is CN(C)c1cccc(-c2ccc(CN)nc2)c1. The molecular weight excluding hydrogens is 210 g/mol. The normalized spacial score (nSPS) is 10.3. The second-order valence-corrected chi connectivity index (χ2v) is 4.19. The van der Waals surface area contributed by atoms with E-state index in [1.165, 1.54) is 11.3 Å². The van der Waals surface area contributed by atoms with E-state index in [0.29, 0.717) is 6.54 Å². The molecule has 0 aliphatic carbocycles. The first-order chi connectivity index (χ1) is 8.20. The molecule has 2 N–H and O–H groups in total. The van der Waals surface area contributed by atoms with E-state index in [2.05, 4.69) is 40.2 Å². The number of aromatic nitrogens is 1. The molecule has 0 atom stereocenters. The van der Waals surface area contributed by atoms with Crippen molar-refractivity contribution in [3.05, 3.63) is 48.3 Å². The second kappa shape index (κ2) is 4.97. The van der Waals surface area contributed by atoms with Gasteiger partial charge in [0.25, 0.3) is 0 Å². The molecule has 2 aromatic rings. The molecule has 0 saturated heterocycles. The van der Waals surface area contributed by atoms with Crippen molar-refractivity contribution in [1.29, 1.82) is 0 Å². The number of pyridine rings is 1. The molecule has 0 fully saturated rings. The molecule has 0 aliphatic heterocycles. The highest BCUT2D eigenvalue weighted by atomic mass is 15.1. The number of anilines is 1. The van der Waals surface area contributed by atoms with E-state index in [4.69, 9.17) is 5.73 Å². The van der Waals surface area contributed by atoms with E-state index >= 15 is 0 Å². The molecule has 1 aromatic carbocycles. The molecule has 88 valence electrons. The van der Waals surface area contributed by atoms with Crippen LogP contribution in [0.1, 0.15) is 5.69 Å². The highest BCUT2D eigenvalue weighted by Crippen LogP contribution is 2.23. The fraction of sp³-hybridized carbons (Fsp3) is 0.214. The third-order valence-corrected chi connectivity index (χ3v) is 2.73. The summed E-state index contributed by atoms with van der Waals surface area (Å²) in [6, 6.07) is 12.4. The van der Waals surface area contributed by atoms with Gasteiger partial charge in [-0.1, -0.05) is 18.2 Å². The summed E-state index contributed by atoms with van der Waals surface area (Å²) in [6.07, 6.45) is 1.87. The lowest BCUT2D eigenvalue weighted by Gasteiger charge is -2.13. The first-order valence-corrected chi connectivity index (χ1v) is 5.63. The van der Waals surface area contributed by atoms with Gasteiger partial charge in [0, 0.05) is 38.1 Å². The molecule has 3 heteroatoms. The highest BCUT2D eigenvalue weighted by Gasteiger charge is 2.01. The van der Waals surface area contributed by atoms with E-state index in [-0.39, 0.29) is 0 Å². The zero-order valence-corrected chi connectivity index (χ0v) is 10.2. The summed E-state index contributed by atoms with van der Waals surface area (Å²) in [4.78, 5) is 6.40.